The molecular weight excluding hydrogens is 200 g/mol. The lowest BCUT2D eigenvalue weighted by atomic mass is 10.1. The van der Waals surface area contributed by atoms with E-state index in [1.165, 1.54) is 6.92 Å². The van der Waals surface area contributed by atoms with Crippen LogP contribution in [0.5, 0.6) is 0 Å². The first-order valence-corrected chi connectivity index (χ1v) is 3.87. The van der Waals surface area contributed by atoms with Crippen molar-refractivity contribution >= 4 is 0 Å². The van der Waals surface area contributed by atoms with Crippen LogP contribution in [0, 0.1) is 5.82 Å². The third-order valence-corrected chi connectivity index (χ3v) is 1.78. The number of benzene rings is 1. The summed E-state index contributed by atoms with van der Waals surface area (Å²) < 4.78 is 49.7. The van der Waals surface area contributed by atoms with Crippen LogP contribution in [0.2, 0.25) is 0 Å². The average Bonchev–Trinajstić information content (AvgIpc) is 2.01. The third kappa shape index (κ3) is 2.04. The molecule has 0 aliphatic rings. The molecule has 1 nitrogen and oxygen atoms in total. The molecule has 0 amide bonds. The molecule has 1 aromatic carbocycles. The normalized spacial score (nSPS) is 14.1. The Morgan fingerprint density at radius 1 is 1.29 bits per heavy atom. The first-order chi connectivity index (χ1) is 6.34. The second-order valence-corrected chi connectivity index (χ2v) is 2.88. The van der Waals surface area contributed by atoms with Gasteiger partial charge in [-0.25, -0.2) is 4.39 Å². The predicted molar refractivity (Wildman–Crippen MR) is 42.0 cm³/mol. The zero-order chi connectivity index (χ0) is 10.9. The highest BCUT2D eigenvalue weighted by atomic mass is 19.4. The van der Waals surface area contributed by atoms with Gasteiger partial charge in [-0.3, -0.25) is 0 Å². The maximum Gasteiger partial charge on any atom is 0.419 e. The summed E-state index contributed by atoms with van der Waals surface area (Å²) in [4.78, 5) is 0. The van der Waals surface area contributed by atoms with Gasteiger partial charge < -0.3 is 5.11 Å². The quantitative estimate of drug-likeness (QED) is 0.703. The largest absolute Gasteiger partial charge is 0.419 e. The fourth-order valence-corrected chi connectivity index (χ4v) is 1.09. The van der Waals surface area contributed by atoms with Crippen molar-refractivity contribution < 1.29 is 22.7 Å². The molecule has 0 fully saturated rings. The summed E-state index contributed by atoms with van der Waals surface area (Å²) in [6.07, 6.45) is -5.98. The Morgan fingerprint density at radius 3 is 2.29 bits per heavy atom. The molecule has 0 unspecified atom stereocenters. The number of rotatable bonds is 1. The number of aliphatic hydroxyl groups excluding tert-OH is 1. The van der Waals surface area contributed by atoms with Gasteiger partial charge in [-0.1, -0.05) is 12.1 Å². The van der Waals surface area contributed by atoms with Crippen LogP contribution in [-0.2, 0) is 6.18 Å². The van der Waals surface area contributed by atoms with Gasteiger partial charge in [0, 0.05) is 5.56 Å². The van der Waals surface area contributed by atoms with Crippen molar-refractivity contribution in [3.8, 4) is 0 Å². The topological polar surface area (TPSA) is 20.2 Å². The Kier molecular flexibility index (Phi) is 2.80. The van der Waals surface area contributed by atoms with Crippen LogP contribution in [0.4, 0.5) is 17.6 Å². The molecule has 0 spiro atoms. The lowest BCUT2D eigenvalue weighted by Gasteiger charge is -2.12. The second-order valence-electron chi connectivity index (χ2n) is 2.88. The minimum Gasteiger partial charge on any atom is -0.389 e. The van der Waals surface area contributed by atoms with Gasteiger partial charge in [0.2, 0.25) is 0 Å². The summed E-state index contributed by atoms with van der Waals surface area (Å²) >= 11 is 0. The van der Waals surface area contributed by atoms with E-state index in [1.807, 2.05) is 0 Å². The molecule has 0 aliphatic carbocycles. The number of hydrogen-bond acceptors (Lipinski definition) is 1. The van der Waals surface area contributed by atoms with Crippen LogP contribution in [0.3, 0.4) is 0 Å². The van der Waals surface area contributed by atoms with E-state index in [9.17, 15) is 17.6 Å². The Balaban J connectivity index is 3.28. The minimum atomic E-state index is -4.73. The van der Waals surface area contributed by atoms with Crippen molar-refractivity contribution in [2.75, 3.05) is 0 Å². The van der Waals surface area contributed by atoms with E-state index in [0.717, 1.165) is 12.1 Å². The molecule has 1 N–H and O–H groups in total. The Hall–Kier alpha value is -1.10. The summed E-state index contributed by atoms with van der Waals surface area (Å²) in [6.45, 7) is 1.21. The summed E-state index contributed by atoms with van der Waals surface area (Å²) in [6, 6.07) is 2.82. The number of halogens is 4. The average molecular weight is 208 g/mol. The minimum absolute atomic E-state index is 0.347. The molecule has 1 aromatic rings. The first-order valence-electron chi connectivity index (χ1n) is 3.87. The Morgan fingerprint density at radius 2 is 1.86 bits per heavy atom. The van der Waals surface area contributed by atoms with Gasteiger partial charge in [0.25, 0.3) is 0 Å². The van der Waals surface area contributed by atoms with Gasteiger partial charge in [0.1, 0.15) is 5.82 Å². The molecule has 0 heterocycles. The van der Waals surface area contributed by atoms with E-state index in [0.29, 0.717) is 6.07 Å². The third-order valence-electron chi connectivity index (χ3n) is 1.78. The van der Waals surface area contributed by atoms with Crippen LogP contribution >= 0.6 is 0 Å². The van der Waals surface area contributed by atoms with E-state index in [-0.39, 0.29) is 5.56 Å². The van der Waals surface area contributed by atoms with Crippen LogP contribution in [-0.4, -0.2) is 5.11 Å². The molecular formula is C9H8F4O. The Labute approximate surface area is 78.0 Å². The number of alkyl halides is 3. The monoisotopic (exact) mass is 208 g/mol. The van der Waals surface area contributed by atoms with Gasteiger partial charge in [0.05, 0.1) is 11.7 Å². The molecule has 5 heteroatoms. The van der Waals surface area contributed by atoms with Gasteiger partial charge in [-0.2, -0.15) is 13.2 Å². The second kappa shape index (κ2) is 3.57. The van der Waals surface area contributed by atoms with Crippen LogP contribution in [0.25, 0.3) is 0 Å². The Bertz CT molecular complexity index is 330. The predicted octanol–water partition coefficient (Wildman–Crippen LogP) is 2.90. The fraction of sp³-hybridized carbons (Fsp3) is 0.333. The van der Waals surface area contributed by atoms with Crippen molar-refractivity contribution in [1.29, 1.82) is 0 Å². The van der Waals surface area contributed by atoms with Crippen LogP contribution < -0.4 is 0 Å². The summed E-state index contributed by atoms with van der Waals surface area (Å²) in [5.74, 6) is -1.41. The fourth-order valence-electron chi connectivity index (χ4n) is 1.09. The van der Waals surface area contributed by atoms with Gasteiger partial charge in [-0.05, 0) is 13.0 Å². The lowest BCUT2D eigenvalue weighted by molar-refractivity contribution is -0.140. The van der Waals surface area contributed by atoms with Gasteiger partial charge in [0.15, 0.2) is 0 Å². The lowest BCUT2D eigenvalue weighted by Crippen LogP contribution is -2.10. The van der Waals surface area contributed by atoms with E-state index in [4.69, 9.17) is 5.11 Å². The summed E-state index contributed by atoms with van der Waals surface area (Å²) in [7, 11) is 0. The van der Waals surface area contributed by atoms with Crippen molar-refractivity contribution in [3.05, 3.63) is 35.1 Å². The molecule has 1 atom stereocenters. The van der Waals surface area contributed by atoms with Crippen molar-refractivity contribution in [2.45, 2.75) is 19.2 Å². The number of hydrogen-bond donors (Lipinski definition) is 1. The van der Waals surface area contributed by atoms with Crippen molar-refractivity contribution in [3.63, 3.8) is 0 Å². The highest BCUT2D eigenvalue weighted by Crippen LogP contribution is 2.33. The zero-order valence-corrected chi connectivity index (χ0v) is 7.27. The molecule has 0 bridgehead atoms. The molecule has 0 saturated carbocycles. The highest BCUT2D eigenvalue weighted by Gasteiger charge is 2.35. The van der Waals surface area contributed by atoms with E-state index >= 15 is 0 Å². The first kappa shape index (κ1) is 11.0. The molecule has 0 radical (unpaired) electrons. The maximum absolute atomic E-state index is 13.1. The standard InChI is InChI=1S/C9H8F4O/c1-5(14)6-3-2-4-7(8(6)10)9(11,12)13/h2-5,14H,1H3/t5-/m0/s1. The van der Waals surface area contributed by atoms with Crippen LogP contribution in [0.1, 0.15) is 24.2 Å². The molecule has 14 heavy (non-hydrogen) atoms. The summed E-state index contributed by atoms with van der Waals surface area (Å²) in [5.41, 5.74) is -1.70. The highest BCUT2D eigenvalue weighted by molar-refractivity contribution is 5.29. The van der Waals surface area contributed by atoms with E-state index in [1.54, 1.807) is 0 Å². The summed E-state index contributed by atoms with van der Waals surface area (Å²) in [5, 5.41) is 8.99. The number of aliphatic hydroxyl groups is 1. The van der Waals surface area contributed by atoms with Crippen molar-refractivity contribution in [1.82, 2.24) is 0 Å². The molecule has 0 saturated heterocycles. The SMILES string of the molecule is C[C@H](O)c1cccc(C(F)(F)F)c1F. The zero-order valence-electron chi connectivity index (χ0n) is 7.27. The molecule has 78 valence electrons. The molecule has 0 aromatic heterocycles. The smallest absolute Gasteiger partial charge is 0.389 e. The van der Waals surface area contributed by atoms with Gasteiger partial charge in [-0.15, -0.1) is 0 Å². The molecule has 1 rings (SSSR count). The maximum atomic E-state index is 13.1. The van der Waals surface area contributed by atoms with E-state index < -0.39 is 23.7 Å². The van der Waals surface area contributed by atoms with Gasteiger partial charge >= 0.3 is 6.18 Å². The molecule has 0 aliphatic heterocycles. The van der Waals surface area contributed by atoms with E-state index in [2.05, 4.69) is 0 Å². The van der Waals surface area contributed by atoms with Crippen LogP contribution in [0.15, 0.2) is 18.2 Å². The van der Waals surface area contributed by atoms with Crippen molar-refractivity contribution in [2.24, 2.45) is 0 Å².